The number of amides is 1. The molecule has 126 valence electrons. The molecule has 7 nitrogen and oxygen atoms in total. The average molecular weight is 338 g/mol. The van der Waals surface area contributed by atoms with Crippen molar-refractivity contribution < 1.29 is 23.8 Å². The van der Waals surface area contributed by atoms with Gasteiger partial charge in [-0.05, 0) is 29.8 Å². The number of rotatable bonds is 5. The van der Waals surface area contributed by atoms with Gasteiger partial charge in [-0.15, -0.1) is 0 Å². The molecule has 2 N–H and O–H groups in total. The minimum absolute atomic E-state index is 0.151. The number of carboxylic acid groups (broad SMARTS) is 1. The minimum Gasteiger partial charge on any atom is -0.475 e. The summed E-state index contributed by atoms with van der Waals surface area (Å²) >= 11 is 0. The third kappa shape index (κ3) is 4.23. The molecule has 0 bridgehead atoms. The first-order valence-corrected chi connectivity index (χ1v) is 7.39. The van der Waals surface area contributed by atoms with Gasteiger partial charge in [-0.3, -0.25) is 5.32 Å². The number of carbonyl (C=O) groups is 2. The molecule has 1 aromatic carbocycles. The normalized spacial score (nSPS) is 10.2. The number of ether oxygens (including phenoxy) is 1. The van der Waals surface area contributed by atoms with E-state index >= 15 is 0 Å². The largest absolute Gasteiger partial charge is 0.475 e. The van der Waals surface area contributed by atoms with E-state index in [0.29, 0.717) is 17.1 Å². The number of hydrogen-bond donors (Lipinski definition) is 2. The van der Waals surface area contributed by atoms with Crippen LogP contribution in [0, 0.1) is 0 Å². The topological polar surface area (TPSA) is 102 Å². The molecule has 2 heterocycles. The lowest BCUT2D eigenvalue weighted by Gasteiger charge is -2.06. The van der Waals surface area contributed by atoms with Crippen LogP contribution in [0.15, 0.2) is 65.2 Å². The maximum Gasteiger partial charge on any atom is 0.413 e. The molecule has 0 spiro atoms. The standard InChI is InChI=1S/C18H14N2O5/c21-17(22)15-8-7-14(25-15)13-6-9-16(19-10-13)20-18(23)24-11-12-4-2-1-3-5-12/h1-10H,11H2,(H,21,22)(H,19,20,23). The molecule has 0 unspecified atom stereocenters. The Labute approximate surface area is 142 Å². The lowest BCUT2D eigenvalue weighted by molar-refractivity contribution is 0.0663. The summed E-state index contributed by atoms with van der Waals surface area (Å²) in [5.74, 6) is -0.602. The van der Waals surface area contributed by atoms with Crippen LogP contribution >= 0.6 is 0 Å². The summed E-state index contributed by atoms with van der Waals surface area (Å²) in [7, 11) is 0. The SMILES string of the molecule is O=C(Nc1ccc(-c2ccc(C(=O)O)o2)cn1)OCc1ccccc1. The first-order chi connectivity index (χ1) is 12.1. The van der Waals surface area contributed by atoms with Gasteiger partial charge in [0.05, 0.1) is 0 Å². The fourth-order valence-electron chi connectivity index (χ4n) is 2.09. The average Bonchev–Trinajstić information content (AvgIpc) is 3.12. The number of benzene rings is 1. The van der Waals surface area contributed by atoms with E-state index in [4.69, 9.17) is 14.3 Å². The van der Waals surface area contributed by atoms with Gasteiger partial charge < -0.3 is 14.3 Å². The molecule has 0 saturated heterocycles. The highest BCUT2D eigenvalue weighted by Crippen LogP contribution is 2.22. The van der Waals surface area contributed by atoms with Crippen molar-refractivity contribution in [1.29, 1.82) is 0 Å². The van der Waals surface area contributed by atoms with Crippen LogP contribution in [-0.2, 0) is 11.3 Å². The van der Waals surface area contributed by atoms with E-state index in [1.807, 2.05) is 30.3 Å². The van der Waals surface area contributed by atoms with E-state index in [1.165, 1.54) is 12.3 Å². The molecule has 1 amide bonds. The van der Waals surface area contributed by atoms with Gasteiger partial charge in [0, 0.05) is 11.8 Å². The van der Waals surface area contributed by atoms with Gasteiger partial charge in [-0.25, -0.2) is 14.6 Å². The summed E-state index contributed by atoms with van der Waals surface area (Å²) in [6, 6.07) is 15.5. The van der Waals surface area contributed by atoms with Crippen LogP contribution in [0.1, 0.15) is 16.1 Å². The van der Waals surface area contributed by atoms with Crippen LogP contribution < -0.4 is 5.32 Å². The third-order valence-electron chi connectivity index (χ3n) is 3.31. The van der Waals surface area contributed by atoms with E-state index in [0.717, 1.165) is 5.56 Å². The Morgan fingerprint density at radius 3 is 2.52 bits per heavy atom. The second kappa shape index (κ2) is 7.31. The molecular weight excluding hydrogens is 324 g/mol. The number of carboxylic acids is 1. The first kappa shape index (κ1) is 16.3. The van der Waals surface area contributed by atoms with E-state index in [-0.39, 0.29) is 12.4 Å². The second-order valence-electron chi connectivity index (χ2n) is 5.09. The fraction of sp³-hybridized carbons (Fsp3) is 0.0556. The number of nitrogens with zero attached hydrogens (tertiary/aromatic N) is 1. The molecule has 0 aliphatic heterocycles. The summed E-state index contributed by atoms with van der Waals surface area (Å²) in [4.78, 5) is 26.7. The van der Waals surface area contributed by atoms with E-state index in [9.17, 15) is 9.59 Å². The molecule has 0 radical (unpaired) electrons. The molecule has 0 atom stereocenters. The van der Waals surface area contributed by atoms with Gasteiger partial charge in [0.2, 0.25) is 5.76 Å². The summed E-state index contributed by atoms with van der Waals surface area (Å²) in [5.41, 5.74) is 1.48. The predicted molar refractivity (Wildman–Crippen MR) is 89.1 cm³/mol. The summed E-state index contributed by atoms with van der Waals surface area (Å²) in [5, 5.41) is 11.4. The van der Waals surface area contributed by atoms with Crippen molar-refractivity contribution in [3.8, 4) is 11.3 Å². The Bertz CT molecular complexity index is 872. The van der Waals surface area contributed by atoms with Gasteiger partial charge in [-0.2, -0.15) is 0 Å². The molecule has 0 aliphatic carbocycles. The monoisotopic (exact) mass is 338 g/mol. The Morgan fingerprint density at radius 1 is 1.08 bits per heavy atom. The number of carbonyl (C=O) groups excluding carboxylic acids is 1. The fourth-order valence-corrected chi connectivity index (χ4v) is 2.09. The van der Waals surface area contributed by atoms with Crippen molar-refractivity contribution in [2.75, 3.05) is 5.32 Å². The highest BCUT2D eigenvalue weighted by Gasteiger charge is 2.11. The number of aromatic carboxylic acids is 1. The molecule has 25 heavy (non-hydrogen) atoms. The number of nitrogens with one attached hydrogen (secondary N) is 1. The zero-order chi connectivity index (χ0) is 17.6. The Hall–Kier alpha value is -3.61. The van der Waals surface area contributed by atoms with Crippen molar-refractivity contribution in [3.63, 3.8) is 0 Å². The van der Waals surface area contributed by atoms with E-state index < -0.39 is 12.1 Å². The number of pyridine rings is 1. The van der Waals surface area contributed by atoms with E-state index in [1.54, 1.807) is 18.2 Å². The molecule has 0 aliphatic rings. The van der Waals surface area contributed by atoms with Crippen molar-refractivity contribution >= 4 is 17.9 Å². The highest BCUT2D eigenvalue weighted by molar-refractivity contribution is 5.85. The van der Waals surface area contributed by atoms with Gasteiger partial charge >= 0.3 is 12.1 Å². The maximum absolute atomic E-state index is 11.8. The summed E-state index contributed by atoms with van der Waals surface area (Å²) in [6.07, 6.45) is 0.854. The molecule has 2 aromatic heterocycles. The zero-order valence-corrected chi connectivity index (χ0v) is 13.0. The van der Waals surface area contributed by atoms with Crippen LogP contribution in [0.4, 0.5) is 10.6 Å². The number of aromatic nitrogens is 1. The zero-order valence-electron chi connectivity index (χ0n) is 13.0. The smallest absolute Gasteiger partial charge is 0.413 e. The van der Waals surface area contributed by atoms with Gasteiger partial charge in [0.1, 0.15) is 18.2 Å². The Balaban J connectivity index is 1.58. The van der Waals surface area contributed by atoms with Crippen LogP contribution in [0.2, 0.25) is 0 Å². The number of hydrogen-bond acceptors (Lipinski definition) is 5. The summed E-state index contributed by atoms with van der Waals surface area (Å²) < 4.78 is 10.3. The molecule has 0 fully saturated rings. The summed E-state index contributed by atoms with van der Waals surface area (Å²) in [6.45, 7) is 0.162. The van der Waals surface area contributed by atoms with Crippen molar-refractivity contribution in [2.24, 2.45) is 0 Å². The first-order valence-electron chi connectivity index (χ1n) is 7.39. The maximum atomic E-state index is 11.8. The van der Waals surface area contributed by atoms with Crippen LogP contribution in [0.5, 0.6) is 0 Å². The lowest BCUT2D eigenvalue weighted by atomic mass is 10.2. The van der Waals surface area contributed by atoms with Crippen molar-refractivity contribution in [2.45, 2.75) is 6.61 Å². The van der Waals surface area contributed by atoms with Crippen molar-refractivity contribution in [1.82, 2.24) is 4.98 Å². The number of anilines is 1. The van der Waals surface area contributed by atoms with Crippen LogP contribution in [-0.4, -0.2) is 22.2 Å². The lowest BCUT2D eigenvalue weighted by Crippen LogP contribution is -2.14. The Kier molecular flexibility index (Phi) is 4.75. The van der Waals surface area contributed by atoms with Gasteiger partial charge in [0.25, 0.3) is 0 Å². The molecule has 0 saturated carbocycles. The van der Waals surface area contributed by atoms with E-state index in [2.05, 4.69) is 10.3 Å². The van der Waals surface area contributed by atoms with Crippen LogP contribution in [0.3, 0.4) is 0 Å². The Morgan fingerprint density at radius 2 is 1.88 bits per heavy atom. The molecule has 3 aromatic rings. The van der Waals surface area contributed by atoms with Crippen LogP contribution in [0.25, 0.3) is 11.3 Å². The second-order valence-corrected chi connectivity index (χ2v) is 5.09. The quantitative estimate of drug-likeness (QED) is 0.734. The third-order valence-corrected chi connectivity index (χ3v) is 3.31. The molecular formula is C18H14N2O5. The van der Waals surface area contributed by atoms with Gasteiger partial charge in [0.15, 0.2) is 0 Å². The highest BCUT2D eigenvalue weighted by atomic mass is 16.5. The predicted octanol–water partition coefficient (Wildman–Crippen LogP) is 3.79. The number of furan rings is 1. The molecule has 7 heteroatoms. The minimum atomic E-state index is -1.14. The molecule has 3 rings (SSSR count). The van der Waals surface area contributed by atoms with Gasteiger partial charge in [-0.1, -0.05) is 30.3 Å². The van der Waals surface area contributed by atoms with Crippen molar-refractivity contribution in [3.05, 3.63) is 72.1 Å².